The maximum Gasteiger partial charge on any atom is 0.422 e. The molecule has 0 radical (unpaired) electrons. The molecule has 1 aromatic heterocycles. The van der Waals surface area contributed by atoms with Gasteiger partial charge in [0, 0.05) is 36.1 Å². The van der Waals surface area contributed by atoms with E-state index in [1.54, 1.807) is 23.8 Å². The van der Waals surface area contributed by atoms with Gasteiger partial charge in [-0.05, 0) is 18.6 Å². The van der Waals surface area contributed by atoms with Crippen LogP contribution in [0.4, 0.5) is 22.0 Å². The van der Waals surface area contributed by atoms with E-state index in [4.69, 9.17) is 0 Å². The number of benzene rings is 1. The molecular formula is C20H19F5N+. The van der Waals surface area contributed by atoms with Gasteiger partial charge in [0.1, 0.15) is 11.4 Å². The van der Waals surface area contributed by atoms with Crippen LogP contribution in [0.25, 0.3) is 16.8 Å². The first-order valence-corrected chi connectivity index (χ1v) is 8.40. The summed E-state index contributed by atoms with van der Waals surface area (Å²) >= 11 is 0. The largest absolute Gasteiger partial charge is 0.422 e. The number of aromatic nitrogens is 1. The molecule has 2 aromatic rings. The van der Waals surface area contributed by atoms with Gasteiger partial charge in [0.25, 0.3) is 0 Å². The van der Waals surface area contributed by atoms with Gasteiger partial charge in [-0.2, -0.15) is 17.7 Å². The third kappa shape index (κ3) is 2.38. The van der Waals surface area contributed by atoms with Crippen LogP contribution in [0.2, 0.25) is 0 Å². The van der Waals surface area contributed by atoms with Crippen molar-refractivity contribution >= 4 is 5.57 Å². The lowest BCUT2D eigenvalue weighted by molar-refractivity contribution is -0.741. The number of halogens is 5. The molecule has 0 atom stereocenters. The van der Waals surface area contributed by atoms with Crippen LogP contribution in [-0.4, -0.2) is 0 Å². The molecule has 0 saturated heterocycles. The Bertz CT molecular complexity index is 907. The lowest BCUT2D eigenvalue weighted by Gasteiger charge is -2.35. The molecule has 1 aliphatic heterocycles. The van der Waals surface area contributed by atoms with E-state index in [2.05, 4.69) is 6.58 Å². The van der Waals surface area contributed by atoms with Crippen molar-refractivity contribution in [2.45, 2.75) is 45.3 Å². The van der Waals surface area contributed by atoms with Crippen LogP contribution in [0, 0.1) is 18.6 Å². The number of pyridine rings is 1. The van der Waals surface area contributed by atoms with E-state index in [1.165, 1.54) is 0 Å². The minimum Gasteiger partial charge on any atom is -0.206 e. The fourth-order valence-corrected chi connectivity index (χ4v) is 3.95. The molecule has 26 heavy (non-hydrogen) atoms. The van der Waals surface area contributed by atoms with Gasteiger partial charge in [0.05, 0.1) is 5.56 Å². The van der Waals surface area contributed by atoms with Gasteiger partial charge >= 0.3 is 6.18 Å². The lowest BCUT2D eigenvalue weighted by Crippen LogP contribution is -2.59. The number of rotatable bonds is 2. The highest BCUT2D eigenvalue weighted by molar-refractivity contribution is 5.84. The van der Waals surface area contributed by atoms with E-state index in [1.807, 2.05) is 19.9 Å². The van der Waals surface area contributed by atoms with E-state index < -0.39 is 28.9 Å². The van der Waals surface area contributed by atoms with E-state index in [0.29, 0.717) is 24.1 Å². The van der Waals surface area contributed by atoms with Gasteiger partial charge in [0.15, 0.2) is 17.6 Å². The second-order valence-corrected chi connectivity index (χ2v) is 6.64. The Labute approximate surface area is 148 Å². The van der Waals surface area contributed by atoms with Crippen molar-refractivity contribution in [3.8, 4) is 11.3 Å². The summed E-state index contributed by atoms with van der Waals surface area (Å²) in [4.78, 5) is 0. The molecule has 0 amide bonds. The van der Waals surface area contributed by atoms with Crippen LogP contribution in [-0.2, 0) is 11.7 Å². The number of hydrogen-bond donors (Lipinski definition) is 0. The normalized spacial score (nSPS) is 15.6. The summed E-state index contributed by atoms with van der Waals surface area (Å²) in [5.74, 6) is -3.20. The SMILES string of the molecule is C=C1c2cc(F)c(C(F)(F)F)c(F)c2-c2cc(C)cc[n+]2C1(CC)CC. The Hall–Kier alpha value is -2.24. The van der Waals surface area contributed by atoms with Gasteiger partial charge in [-0.1, -0.05) is 20.4 Å². The van der Waals surface area contributed by atoms with Crippen LogP contribution in [0.3, 0.4) is 0 Å². The van der Waals surface area contributed by atoms with E-state index in [9.17, 15) is 22.0 Å². The smallest absolute Gasteiger partial charge is 0.206 e. The van der Waals surface area contributed by atoms with Gasteiger partial charge in [-0.15, -0.1) is 0 Å². The standard InChI is InChI=1S/C20H19F5N/c1-5-19(6-2)12(4)13-10-14(21)17(20(23,24)25)18(22)16(13)15-9-11(3)7-8-26(15)19/h7-10H,4-6H2,1-3H3/q+1. The molecule has 138 valence electrons. The molecule has 0 fully saturated rings. The fraction of sp³-hybridized carbons (Fsp3) is 0.350. The number of hydrogen-bond acceptors (Lipinski definition) is 0. The zero-order valence-electron chi connectivity index (χ0n) is 14.8. The van der Waals surface area contributed by atoms with Crippen molar-refractivity contribution in [3.05, 3.63) is 59.3 Å². The molecule has 0 unspecified atom stereocenters. The molecule has 0 N–H and O–H groups in total. The fourth-order valence-electron chi connectivity index (χ4n) is 3.95. The molecular weight excluding hydrogens is 349 g/mol. The molecule has 1 nitrogen and oxygen atoms in total. The summed E-state index contributed by atoms with van der Waals surface area (Å²) in [6.45, 7) is 9.63. The number of fused-ring (bicyclic) bond motifs is 3. The summed E-state index contributed by atoms with van der Waals surface area (Å²) in [7, 11) is 0. The van der Waals surface area contributed by atoms with Crippen molar-refractivity contribution in [1.82, 2.24) is 0 Å². The van der Waals surface area contributed by atoms with Crippen LogP contribution in [0.15, 0.2) is 31.0 Å². The zero-order valence-corrected chi connectivity index (χ0v) is 14.8. The van der Waals surface area contributed by atoms with Crippen LogP contribution < -0.4 is 4.57 Å². The maximum atomic E-state index is 14.9. The molecule has 1 aromatic carbocycles. The monoisotopic (exact) mass is 368 g/mol. The highest BCUT2D eigenvalue weighted by Crippen LogP contribution is 2.47. The molecule has 0 spiro atoms. The van der Waals surface area contributed by atoms with Crippen molar-refractivity contribution in [1.29, 1.82) is 0 Å². The van der Waals surface area contributed by atoms with Crippen molar-refractivity contribution in [2.24, 2.45) is 0 Å². The molecule has 0 bridgehead atoms. The average molecular weight is 368 g/mol. The highest BCUT2D eigenvalue weighted by Gasteiger charge is 2.50. The van der Waals surface area contributed by atoms with E-state index in [-0.39, 0.29) is 11.1 Å². The van der Waals surface area contributed by atoms with Crippen molar-refractivity contribution in [3.63, 3.8) is 0 Å². The number of allylic oxidation sites excluding steroid dienone is 1. The first kappa shape index (κ1) is 18.5. The minimum atomic E-state index is -5.12. The molecule has 2 heterocycles. The number of aryl methyl sites for hydroxylation is 1. The zero-order chi connectivity index (χ0) is 19.4. The second kappa shape index (κ2) is 5.89. The van der Waals surface area contributed by atoms with E-state index in [0.717, 1.165) is 11.6 Å². The topological polar surface area (TPSA) is 3.88 Å². The second-order valence-electron chi connectivity index (χ2n) is 6.64. The Morgan fingerprint density at radius 2 is 1.73 bits per heavy atom. The average Bonchev–Trinajstić information content (AvgIpc) is 2.54. The minimum absolute atomic E-state index is 0.0994. The quantitative estimate of drug-likeness (QED) is 0.467. The van der Waals surface area contributed by atoms with Crippen molar-refractivity contribution < 1.29 is 26.5 Å². The summed E-state index contributed by atoms with van der Waals surface area (Å²) in [5.41, 5.74) is -1.16. The maximum absolute atomic E-state index is 14.9. The Balaban J connectivity index is 2.49. The molecule has 0 aliphatic carbocycles. The number of nitrogens with zero attached hydrogens (tertiary/aromatic N) is 1. The predicted octanol–water partition coefficient (Wildman–Crippen LogP) is 5.79. The summed E-state index contributed by atoms with van der Waals surface area (Å²) < 4.78 is 70.5. The first-order valence-electron chi connectivity index (χ1n) is 8.40. The van der Waals surface area contributed by atoms with E-state index >= 15 is 0 Å². The molecule has 0 saturated carbocycles. The Morgan fingerprint density at radius 3 is 2.27 bits per heavy atom. The molecule has 3 rings (SSSR count). The van der Waals surface area contributed by atoms with Gasteiger partial charge in [-0.3, -0.25) is 0 Å². The third-order valence-corrected chi connectivity index (χ3v) is 5.39. The first-order chi connectivity index (χ1) is 12.1. The van der Waals surface area contributed by atoms with Crippen molar-refractivity contribution in [2.75, 3.05) is 0 Å². The highest BCUT2D eigenvalue weighted by atomic mass is 19.4. The summed E-state index contributed by atoms with van der Waals surface area (Å²) in [6.07, 6.45) is -2.20. The van der Waals surface area contributed by atoms with Gasteiger partial charge < -0.3 is 0 Å². The van der Waals surface area contributed by atoms with Crippen LogP contribution in [0.5, 0.6) is 0 Å². The number of alkyl halides is 3. The Morgan fingerprint density at radius 1 is 1.12 bits per heavy atom. The molecule has 1 aliphatic rings. The summed E-state index contributed by atoms with van der Waals surface area (Å²) in [5, 5.41) is 0. The summed E-state index contributed by atoms with van der Waals surface area (Å²) in [6, 6.07) is 4.22. The Kier molecular flexibility index (Phi) is 4.20. The predicted molar refractivity (Wildman–Crippen MR) is 89.3 cm³/mol. The van der Waals surface area contributed by atoms with Gasteiger partial charge in [-0.25, -0.2) is 8.78 Å². The lowest BCUT2D eigenvalue weighted by atomic mass is 9.75. The van der Waals surface area contributed by atoms with Gasteiger partial charge in [0.2, 0.25) is 5.69 Å². The third-order valence-electron chi connectivity index (χ3n) is 5.39. The molecule has 6 heteroatoms. The van der Waals surface area contributed by atoms with Crippen LogP contribution in [0.1, 0.15) is 43.4 Å². The van der Waals surface area contributed by atoms with Crippen LogP contribution >= 0.6 is 0 Å².